The van der Waals surface area contributed by atoms with Crippen molar-refractivity contribution in [2.24, 2.45) is 5.41 Å². The zero-order valence-corrected chi connectivity index (χ0v) is 11.5. The average Bonchev–Trinajstić information content (AvgIpc) is 2.33. The van der Waals surface area contributed by atoms with Crippen molar-refractivity contribution in [2.75, 3.05) is 11.9 Å². The second-order valence-electron chi connectivity index (χ2n) is 6.07. The smallest absolute Gasteiger partial charge is 0.251 e. The molecule has 0 aromatic carbocycles. The molecule has 0 amide bonds. The predicted octanol–water partition coefficient (Wildman–Crippen LogP) is 3.90. The molecule has 2 nitrogen and oxygen atoms in total. The molecule has 0 radical (unpaired) electrons. The molecule has 1 fully saturated rings. The van der Waals surface area contributed by atoms with Crippen LogP contribution >= 0.6 is 0 Å². The van der Waals surface area contributed by atoms with E-state index in [1.54, 1.807) is 11.9 Å². The van der Waals surface area contributed by atoms with Crippen LogP contribution in [0.15, 0.2) is 6.07 Å². The SMILES string of the molecule is CN(c1nc(F)c(F)cc1F)C1CCC(C)(C)CC1. The van der Waals surface area contributed by atoms with Crippen LogP contribution in [0.5, 0.6) is 0 Å². The Kier molecular flexibility index (Phi) is 3.74. The van der Waals surface area contributed by atoms with Crippen molar-refractivity contribution >= 4 is 5.82 Å². The number of aromatic nitrogens is 1. The molecule has 0 bridgehead atoms. The molecule has 0 aliphatic heterocycles. The fourth-order valence-corrected chi connectivity index (χ4v) is 2.63. The highest BCUT2D eigenvalue weighted by atomic mass is 19.2. The van der Waals surface area contributed by atoms with E-state index < -0.39 is 17.6 Å². The number of pyridine rings is 1. The summed E-state index contributed by atoms with van der Waals surface area (Å²) in [6.07, 6.45) is 3.88. The van der Waals surface area contributed by atoms with E-state index in [-0.39, 0.29) is 11.9 Å². The summed E-state index contributed by atoms with van der Waals surface area (Å²) in [7, 11) is 1.69. The van der Waals surface area contributed by atoms with Crippen LogP contribution in [-0.4, -0.2) is 18.1 Å². The van der Waals surface area contributed by atoms with E-state index in [9.17, 15) is 13.2 Å². The van der Waals surface area contributed by atoms with E-state index in [2.05, 4.69) is 18.8 Å². The molecule has 2 rings (SSSR count). The third-order valence-electron chi connectivity index (χ3n) is 4.06. The van der Waals surface area contributed by atoms with E-state index in [0.717, 1.165) is 25.7 Å². The number of halogens is 3. The predicted molar refractivity (Wildman–Crippen MR) is 68.6 cm³/mol. The Hall–Kier alpha value is -1.26. The van der Waals surface area contributed by atoms with Gasteiger partial charge in [0.15, 0.2) is 17.5 Å². The lowest BCUT2D eigenvalue weighted by atomic mass is 9.75. The minimum atomic E-state index is -1.25. The minimum absolute atomic E-state index is 0.108. The zero-order valence-electron chi connectivity index (χ0n) is 11.5. The summed E-state index contributed by atoms with van der Waals surface area (Å²) in [5.74, 6) is -3.42. The molecule has 5 heteroatoms. The molecule has 1 heterocycles. The third kappa shape index (κ3) is 3.01. The maximum Gasteiger partial charge on any atom is 0.251 e. The molecule has 106 valence electrons. The first-order chi connectivity index (χ1) is 8.80. The lowest BCUT2D eigenvalue weighted by Gasteiger charge is -2.39. The van der Waals surface area contributed by atoms with Gasteiger partial charge in [-0.25, -0.2) is 8.78 Å². The van der Waals surface area contributed by atoms with Crippen molar-refractivity contribution in [1.29, 1.82) is 0 Å². The lowest BCUT2D eigenvalue weighted by molar-refractivity contribution is 0.221. The van der Waals surface area contributed by atoms with Gasteiger partial charge in [-0.3, -0.25) is 0 Å². The van der Waals surface area contributed by atoms with E-state index in [0.29, 0.717) is 11.5 Å². The Labute approximate surface area is 111 Å². The number of hydrogen-bond acceptors (Lipinski definition) is 2. The van der Waals surface area contributed by atoms with E-state index in [4.69, 9.17) is 0 Å². The summed E-state index contributed by atoms with van der Waals surface area (Å²) < 4.78 is 39.7. The molecule has 19 heavy (non-hydrogen) atoms. The summed E-state index contributed by atoms with van der Waals surface area (Å²) in [5, 5.41) is 0. The van der Waals surface area contributed by atoms with Crippen LogP contribution < -0.4 is 4.90 Å². The topological polar surface area (TPSA) is 16.1 Å². The van der Waals surface area contributed by atoms with Crippen LogP contribution in [0, 0.1) is 23.0 Å². The van der Waals surface area contributed by atoms with Gasteiger partial charge in [0.05, 0.1) is 0 Å². The zero-order chi connectivity index (χ0) is 14.2. The van der Waals surface area contributed by atoms with Gasteiger partial charge in [0.2, 0.25) is 0 Å². The highest BCUT2D eigenvalue weighted by Gasteiger charge is 2.30. The van der Waals surface area contributed by atoms with Crippen LogP contribution in [0.25, 0.3) is 0 Å². The molecule has 1 aromatic heterocycles. The van der Waals surface area contributed by atoms with Gasteiger partial charge in [-0.15, -0.1) is 0 Å². The van der Waals surface area contributed by atoms with Crippen molar-refractivity contribution in [3.63, 3.8) is 0 Å². The van der Waals surface area contributed by atoms with E-state index >= 15 is 0 Å². The van der Waals surface area contributed by atoms with Crippen molar-refractivity contribution in [3.8, 4) is 0 Å². The Balaban J connectivity index is 2.16. The summed E-state index contributed by atoms with van der Waals surface area (Å²) in [4.78, 5) is 5.03. The molecule has 1 aliphatic rings. The van der Waals surface area contributed by atoms with Crippen molar-refractivity contribution in [3.05, 3.63) is 23.6 Å². The Morgan fingerprint density at radius 1 is 1.16 bits per heavy atom. The second kappa shape index (κ2) is 5.02. The molecular formula is C14H19F3N2. The van der Waals surface area contributed by atoms with Crippen LogP contribution in [-0.2, 0) is 0 Å². The van der Waals surface area contributed by atoms with Crippen LogP contribution in [0.4, 0.5) is 19.0 Å². The first-order valence-electron chi connectivity index (χ1n) is 6.54. The third-order valence-corrected chi connectivity index (χ3v) is 4.06. The van der Waals surface area contributed by atoms with Crippen molar-refractivity contribution in [1.82, 2.24) is 4.98 Å². The molecule has 0 unspecified atom stereocenters. The van der Waals surface area contributed by atoms with Crippen LogP contribution in [0.2, 0.25) is 0 Å². The van der Waals surface area contributed by atoms with Gasteiger partial charge in [0.1, 0.15) is 0 Å². The molecule has 1 aliphatic carbocycles. The minimum Gasteiger partial charge on any atom is -0.354 e. The monoisotopic (exact) mass is 272 g/mol. The van der Waals surface area contributed by atoms with Crippen LogP contribution in [0.1, 0.15) is 39.5 Å². The van der Waals surface area contributed by atoms with Gasteiger partial charge in [-0.1, -0.05) is 13.8 Å². The van der Waals surface area contributed by atoms with Gasteiger partial charge in [0, 0.05) is 19.2 Å². The number of hydrogen-bond donors (Lipinski definition) is 0. The first kappa shape index (κ1) is 14.2. The Morgan fingerprint density at radius 2 is 1.74 bits per heavy atom. The van der Waals surface area contributed by atoms with Gasteiger partial charge < -0.3 is 4.90 Å². The van der Waals surface area contributed by atoms with E-state index in [1.807, 2.05) is 0 Å². The van der Waals surface area contributed by atoms with Gasteiger partial charge in [-0.05, 0) is 31.1 Å². The standard InChI is InChI=1S/C14H19F3N2/c1-14(2)6-4-9(5-7-14)19(3)13-11(16)8-10(15)12(17)18-13/h8-9H,4-7H2,1-3H3. The quantitative estimate of drug-likeness (QED) is 0.759. The highest BCUT2D eigenvalue weighted by Crippen LogP contribution is 2.37. The molecule has 0 atom stereocenters. The summed E-state index contributed by atoms with van der Waals surface area (Å²) in [6.45, 7) is 4.42. The van der Waals surface area contributed by atoms with E-state index in [1.165, 1.54) is 0 Å². The summed E-state index contributed by atoms with van der Waals surface area (Å²) in [6, 6.07) is 0.681. The molecule has 0 N–H and O–H groups in total. The Bertz CT molecular complexity index is 464. The van der Waals surface area contributed by atoms with Gasteiger partial charge in [0.25, 0.3) is 5.95 Å². The van der Waals surface area contributed by atoms with Crippen molar-refractivity contribution in [2.45, 2.75) is 45.6 Å². The second-order valence-corrected chi connectivity index (χ2v) is 6.07. The number of rotatable bonds is 2. The summed E-state index contributed by atoms with van der Waals surface area (Å²) in [5.41, 5.74) is 0.303. The molecular weight excluding hydrogens is 253 g/mol. The summed E-state index contributed by atoms with van der Waals surface area (Å²) >= 11 is 0. The molecule has 1 saturated carbocycles. The largest absolute Gasteiger partial charge is 0.354 e. The fraction of sp³-hybridized carbons (Fsp3) is 0.643. The molecule has 0 spiro atoms. The van der Waals surface area contributed by atoms with Gasteiger partial charge >= 0.3 is 0 Å². The number of nitrogens with zero attached hydrogens (tertiary/aromatic N) is 2. The fourth-order valence-electron chi connectivity index (χ4n) is 2.63. The maximum atomic E-state index is 13.7. The Morgan fingerprint density at radius 3 is 2.32 bits per heavy atom. The molecule has 1 aromatic rings. The van der Waals surface area contributed by atoms with Gasteiger partial charge in [-0.2, -0.15) is 9.37 Å². The lowest BCUT2D eigenvalue weighted by Crippen LogP contribution is -2.38. The normalized spacial score (nSPS) is 19.5. The van der Waals surface area contributed by atoms with Crippen LogP contribution in [0.3, 0.4) is 0 Å². The number of anilines is 1. The average molecular weight is 272 g/mol. The first-order valence-corrected chi connectivity index (χ1v) is 6.54. The highest BCUT2D eigenvalue weighted by molar-refractivity contribution is 5.40. The molecule has 0 saturated heterocycles. The maximum absolute atomic E-state index is 13.7. The van der Waals surface area contributed by atoms with Crippen molar-refractivity contribution < 1.29 is 13.2 Å².